The number of hydrogen-bond donors (Lipinski definition) is 0. The van der Waals surface area contributed by atoms with Gasteiger partial charge in [-0.05, 0) is 55.9 Å². The van der Waals surface area contributed by atoms with E-state index in [4.69, 9.17) is 9.51 Å². The van der Waals surface area contributed by atoms with Crippen LogP contribution in [0, 0.1) is 12.8 Å². The van der Waals surface area contributed by atoms with Crippen LogP contribution in [0.15, 0.2) is 47.4 Å². The zero-order valence-electron chi connectivity index (χ0n) is 17.1. The van der Waals surface area contributed by atoms with E-state index in [0.717, 1.165) is 42.1 Å². The van der Waals surface area contributed by atoms with E-state index in [9.17, 15) is 4.79 Å². The molecule has 2 aliphatic rings. The first-order valence-corrected chi connectivity index (χ1v) is 10.6. The van der Waals surface area contributed by atoms with Gasteiger partial charge in [0, 0.05) is 42.7 Å². The first-order chi connectivity index (χ1) is 14.6. The first-order valence-electron chi connectivity index (χ1n) is 10.6. The van der Waals surface area contributed by atoms with Crippen molar-refractivity contribution in [3.8, 4) is 11.5 Å². The molecule has 0 bridgehead atoms. The summed E-state index contributed by atoms with van der Waals surface area (Å²) in [5, 5.41) is 4.39. The average Bonchev–Trinajstić information content (AvgIpc) is 3.45. The largest absolute Gasteiger partial charge is 0.337 e. The SMILES string of the molecule is Cc1cccnc1C(=O)N1CCC(CC2CC2)(c2noc(-c3ccncc3)n2)CC1. The van der Waals surface area contributed by atoms with Gasteiger partial charge in [0.1, 0.15) is 5.69 Å². The van der Waals surface area contributed by atoms with E-state index >= 15 is 0 Å². The summed E-state index contributed by atoms with van der Waals surface area (Å²) >= 11 is 0. The van der Waals surface area contributed by atoms with Crippen LogP contribution in [0.1, 0.15) is 54.0 Å². The summed E-state index contributed by atoms with van der Waals surface area (Å²) in [6.07, 6.45) is 10.4. The van der Waals surface area contributed by atoms with Crippen LogP contribution >= 0.6 is 0 Å². The van der Waals surface area contributed by atoms with Gasteiger partial charge in [-0.25, -0.2) is 0 Å². The number of pyridine rings is 2. The van der Waals surface area contributed by atoms with E-state index in [1.54, 1.807) is 18.6 Å². The lowest BCUT2D eigenvalue weighted by Crippen LogP contribution is -2.46. The lowest BCUT2D eigenvalue weighted by molar-refractivity contribution is 0.0639. The third-order valence-corrected chi connectivity index (χ3v) is 6.42. The van der Waals surface area contributed by atoms with Crippen LogP contribution in [-0.4, -0.2) is 44.0 Å². The van der Waals surface area contributed by atoms with Crippen LogP contribution in [0.25, 0.3) is 11.5 Å². The minimum absolute atomic E-state index is 0.0127. The van der Waals surface area contributed by atoms with E-state index in [2.05, 4.69) is 15.1 Å². The molecule has 2 fully saturated rings. The monoisotopic (exact) mass is 403 g/mol. The summed E-state index contributed by atoms with van der Waals surface area (Å²) in [6, 6.07) is 7.55. The second kappa shape index (κ2) is 7.63. The van der Waals surface area contributed by atoms with Crippen LogP contribution in [-0.2, 0) is 5.41 Å². The third-order valence-electron chi connectivity index (χ3n) is 6.42. The standard InChI is InChI=1S/C23H25N5O2/c1-16-3-2-10-25-19(16)21(29)28-13-8-23(9-14-28,15-17-4-5-17)22-26-20(30-27-22)18-6-11-24-12-7-18/h2-3,6-7,10-12,17H,4-5,8-9,13-15H2,1H3. The molecule has 0 radical (unpaired) electrons. The van der Waals surface area contributed by atoms with Crippen LogP contribution in [0.5, 0.6) is 0 Å². The number of likely N-dealkylation sites (tertiary alicyclic amines) is 1. The number of aryl methyl sites for hydroxylation is 1. The Morgan fingerprint density at radius 2 is 1.93 bits per heavy atom. The maximum absolute atomic E-state index is 13.0. The lowest BCUT2D eigenvalue weighted by atomic mass is 9.73. The fraction of sp³-hybridized carbons (Fsp3) is 0.435. The van der Waals surface area contributed by atoms with Crippen molar-refractivity contribution in [3.63, 3.8) is 0 Å². The van der Waals surface area contributed by atoms with Gasteiger partial charge in [0.25, 0.3) is 11.8 Å². The minimum Gasteiger partial charge on any atom is -0.337 e. The summed E-state index contributed by atoms with van der Waals surface area (Å²) in [5.74, 6) is 2.05. The highest BCUT2D eigenvalue weighted by Gasteiger charge is 2.45. The second-order valence-electron chi connectivity index (χ2n) is 8.55. The normalized spacial score (nSPS) is 18.4. The molecule has 1 amide bonds. The number of amides is 1. The maximum Gasteiger partial charge on any atom is 0.272 e. The Bertz CT molecular complexity index is 1040. The highest BCUT2D eigenvalue weighted by Crippen LogP contribution is 2.47. The Labute approximate surface area is 175 Å². The van der Waals surface area contributed by atoms with E-state index in [-0.39, 0.29) is 11.3 Å². The van der Waals surface area contributed by atoms with Crippen LogP contribution < -0.4 is 0 Å². The van der Waals surface area contributed by atoms with Gasteiger partial charge in [-0.1, -0.05) is 24.1 Å². The number of carbonyl (C=O) groups is 1. The van der Waals surface area contributed by atoms with Crippen LogP contribution in [0.3, 0.4) is 0 Å². The van der Waals surface area contributed by atoms with Gasteiger partial charge >= 0.3 is 0 Å². The first kappa shape index (κ1) is 18.9. The van der Waals surface area contributed by atoms with Gasteiger partial charge in [-0.3, -0.25) is 14.8 Å². The molecule has 1 aliphatic carbocycles. The Hall–Kier alpha value is -3.09. The Balaban J connectivity index is 1.37. The molecule has 3 aromatic heterocycles. The fourth-order valence-electron chi connectivity index (χ4n) is 4.44. The van der Waals surface area contributed by atoms with Crippen LogP contribution in [0.4, 0.5) is 0 Å². The van der Waals surface area contributed by atoms with Gasteiger partial charge in [0.05, 0.1) is 0 Å². The maximum atomic E-state index is 13.0. The molecule has 0 atom stereocenters. The molecule has 0 N–H and O–H groups in total. The molecule has 0 spiro atoms. The average molecular weight is 403 g/mol. The van der Waals surface area contributed by atoms with Crippen molar-refractivity contribution in [1.82, 2.24) is 25.0 Å². The molecule has 3 aromatic rings. The van der Waals surface area contributed by atoms with Gasteiger partial charge in [0.15, 0.2) is 5.82 Å². The van der Waals surface area contributed by atoms with Gasteiger partial charge in [-0.2, -0.15) is 4.98 Å². The number of piperidine rings is 1. The molecule has 7 heteroatoms. The molecule has 30 heavy (non-hydrogen) atoms. The number of hydrogen-bond acceptors (Lipinski definition) is 6. The molecule has 1 saturated heterocycles. The van der Waals surface area contributed by atoms with Crippen LogP contribution in [0.2, 0.25) is 0 Å². The molecule has 7 nitrogen and oxygen atoms in total. The summed E-state index contributed by atoms with van der Waals surface area (Å²) < 4.78 is 5.61. The van der Waals surface area contributed by atoms with Crippen molar-refractivity contribution in [2.75, 3.05) is 13.1 Å². The summed E-state index contributed by atoms with van der Waals surface area (Å²) in [7, 11) is 0. The molecule has 0 unspecified atom stereocenters. The van der Waals surface area contributed by atoms with Gasteiger partial charge in [0.2, 0.25) is 0 Å². The number of carbonyl (C=O) groups excluding carboxylic acids is 1. The number of aromatic nitrogens is 4. The van der Waals surface area contributed by atoms with Gasteiger partial charge < -0.3 is 9.42 Å². The van der Waals surface area contributed by atoms with Crippen molar-refractivity contribution in [3.05, 3.63) is 59.9 Å². The van der Waals surface area contributed by atoms with E-state index in [0.29, 0.717) is 24.7 Å². The smallest absolute Gasteiger partial charge is 0.272 e. The Kier molecular flexibility index (Phi) is 4.81. The fourth-order valence-corrected chi connectivity index (χ4v) is 4.44. The Morgan fingerprint density at radius 1 is 1.17 bits per heavy atom. The van der Waals surface area contributed by atoms with Crippen molar-refractivity contribution in [1.29, 1.82) is 0 Å². The van der Waals surface area contributed by atoms with Crippen molar-refractivity contribution in [2.24, 2.45) is 5.92 Å². The number of rotatable bonds is 5. The van der Waals surface area contributed by atoms with Crippen molar-refractivity contribution >= 4 is 5.91 Å². The molecule has 0 aromatic carbocycles. The highest BCUT2D eigenvalue weighted by molar-refractivity contribution is 5.93. The Morgan fingerprint density at radius 3 is 2.63 bits per heavy atom. The highest BCUT2D eigenvalue weighted by atomic mass is 16.5. The molecule has 1 aliphatic heterocycles. The molecule has 154 valence electrons. The quantitative estimate of drug-likeness (QED) is 0.644. The number of nitrogens with zero attached hydrogens (tertiary/aromatic N) is 5. The predicted molar refractivity (Wildman–Crippen MR) is 111 cm³/mol. The summed E-state index contributed by atoms with van der Waals surface area (Å²) in [4.78, 5) is 28.1. The summed E-state index contributed by atoms with van der Waals surface area (Å²) in [6.45, 7) is 3.29. The van der Waals surface area contributed by atoms with E-state index < -0.39 is 0 Å². The minimum atomic E-state index is -0.133. The lowest BCUT2D eigenvalue weighted by Gasteiger charge is -2.40. The second-order valence-corrected chi connectivity index (χ2v) is 8.55. The molecule has 4 heterocycles. The molecular weight excluding hydrogens is 378 g/mol. The van der Waals surface area contributed by atoms with E-state index in [1.165, 1.54) is 12.8 Å². The predicted octanol–water partition coefficient (Wildman–Crippen LogP) is 3.81. The summed E-state index contributed by atoms with van der Waals surface area (Å²) in [5.41, 5.74) is 2.21. The zero-order valence-corrected chi connectivity index (χ0v) is 17.1. The molecular formula is C23H25N5O2. The third kappa shape index (κ3) is 3.60. The van der Waals surface area contributed by atoms with Crippen molar-refractivity contribution < 1.29 is 9.32 Å². The topological polar surface area (TPSA) is 85.0 Å². The van der Waals surface area contributed by atoms with Crippen molar-refractivity contribution in [2.45, 2.75) is 44.4 Å². The zero-order chi connectivity index (χ0) is 20.6. The van der Waals surface area contributed by atoms with Gasteiger partial charge in [-0.15, -0.1) is 0 Å². The molecule has 5 rings (SSSR count). The molecule has 1 saturated carbocycles. The van der Waals surface area contributed by atoms with E-state index in [1.807, 2.05) is 36.1 Å².